The molecule has 2 aliphatic rings. The maximum absolute atomic E-state index is 9.73. The molecular weight excluding hydrogens is 226 g/mol. The third kappa shape index (κ3) is 2.38. The summed E-state index contributed by atoms with van der Waals surface area (Å²) in [6, 6.07) is 2.09. The van der Waals surface area contributed by atoms with Gasteiger partial charge in [0.15, 0.2) is 0 Å². The fourth-order valence-corrected chi connectivity index (χ4v) is 2.78. The van der Waals surface area contributed by atoms with Gasteiger partial charge in [0.2, 0.25) is 0 Å². The number of aromatic nitrogens is 2. The van der Waals surface area contributed by atoms with Gasteiger partial charge in [-0.3, -0.25) is 0 Å². The van der Waals surface area contributed by atoms with Crippen LogP contribution in [0.1, 0.15) is 37.3 Å². The molecule has 0 bridgehead atoms. The maximum Gasteiger partial charge on any atom is 0.132 e. The molecule has 1 N–H and O–H groups in total. The predicted octanol–water partition coefficient (Wildman–Crippen LogP) is 1.87. The van der Waals surface area contributed by atoms with E-state index < -0.39 is 0 Å². The van der Waals surface area contributed by atoms with Crippen molar-refractivity contribution in [1.82, 2.24) is 9.97 Å². The van der Waals surface area contributed by atoms with Gasteiger partial charge >= 0.3 is 0 Å². The number of allylic oxidation sites excluding steroid dienone is 2. The molecule has 0 saturated carbocycles. The smallest absolute Gasteiger partial charge is 0.132 e. The molecule has 0 aromatic carbocycles. The van der Waals surface area contributed by atoms with Crippen LogP contribution in [0.5, 0.6) is 0 Å². The van der Waals surface area contributed by atoms with Crippen molar-refractivity contribution in [2.45, 2.75) is 37.7 Å². The molecule has 0 amide bonds. The van der Waals surface area contributed by atoms with Crippen molar-refractivity contribution < 1.29 is 5.11 Å². The Morgan fingerprint density at radius 1 is 1.22 bits per heavy atom. The second-order valence-corrected chi connectivity index (χ2v) is 5.18. The van der Waals surface area contributed by atoms with Crippen LogP contribution >= 0.6 is 0 Å². The zero-order valence-corrected chi connectivity index (χ0v) is 10.5. The summed E-state index contributed by atoms with van der Waals surface area (Å²) < 4.78 is 0. The fraction of sp³-hybridized carbons (Fsp3) is 0.571. The lowest BCUT2D eigenvalue weighted by atomic mass is 10.0. The molecule has 1 aliphatic carbocycles. The average molecular weight is 245 g/mol. The van der Waals surface area contributed by atoms with Crippen LogP contribution in [0.15, 0.2) is 24.5 Å². The van der Waals surface area contributed by atoms with Crippen molar-refractivity contribution in [1.29, 1.82) is 0 Å². The molecule has 4 nitrogen and oxygen atoms in total. The fourth-order valence-electron chi connectivity index (χ4n) is 2.78. The summed E-state index contributed by atoms with van der Waals surface area (Å²) in [5.74, 6) is 1.48. The summed E-state index contributed by atoms with van der Waals surface area (Å²) in [6.45, 7) is 1.68. The summed E-state index contributed by atoms with van der Waals surface area (Å²) in [6.07, 6.45) is 9.98. The van der Waals surface area contributed by atoms with E-state index in [4.69, 9.17) is 0 Å². The van der Waals surface area contributed by atoms with Crippen LogP contribution in [-0.4, -0.2) is 34.3 Å². The summed E-state index contributed by atoms with van der Waals surface area (Å²) in [5.41, 5.74) is 1.13. The third-order valence-electron chi connectivity index (χ3n) is 3.82. The van der Waals surface area contributed by atoms with E-state index in [0.29, 0.717) is 12.5 Å². The maximum atomic E-state index is 9.73. The van der Waals surface area contributed by atoms with E-state index in [1.54, 1.807) is 6.33 Å². The SMILES string of the molecule is OC1CCCN(c2cc(C3CC=CC3)ncn2)C1. The summed E-state index contributed by atoms with van der Waals surface area (Å²) in [7, 11) is 0. The van der Waals surface area contributed by atoms with Crippen molar-refractivity contribution >= 4 is 5.82 Å². The minimum absolute atomic E-state index is 0.217. The van der Waals surface area contributed by atoms with Gasteiger partial charge in [0, 0.05) is 30.8 Å². The van der Waals surface area contributed by atoms with Crippen molar-refractivity contribution in [3.8, 4) is 0 Å². The molecule has 4 heteroatoms. The Hall–Kier alpha value is -1.42. The lowest BCUT2D eigenvalue weighted by Gasteiger charge is -2.31. The molecule has 2 heterocycles. The molecule has 18 heavy (non-hydrogen) atoms. The zero-order chi connectivity index (χ0) is 12.4. The van der Waals surface area contributed by atoms with Crippen LogP contribution in [0.3, 0.4) is 0 Å². The molecule has 1 aliphatic heterocycles. The summed E-state index contributed by atoms with van der Waals surface area (Å²) >= 11 is 0. The second kappa shape index (κ2) is 5.06. The molecule has 1 aromatic heterocycles. The topological polar surface area (TPSA) is 49.2 Å². The van der Waals surface area contributed by atoms with Gasteiger partial charge in [-0.1, -0.05) is 12.2 Å². The van der Waals surface area contributed by atoms with Gasteiger partial charge in [-0.05, 0) is 25.7 Å². The molecule has 1 saturated heterocycles. The van der Waals surface area contributed by atoms with Crippen molar-refractivity contribution in [3.63, 3.8) is 0 Å². The normalized spacial score (nSPS) is 24.7. The van der Waals surface area contributed by atoms with Crippen molar-refractivity contribution in [2.75, 3.05) is 18.0 Å². The lowest BCUT2D eigenvalue weighted by molar-refractivity contribution is 0.154. The predicted molar refractivity (Wildman–Crippen MR) is 70.6 cm³/mol. The van der Waals surface area contributed by atoms with Gasteiger partial charge in [0.1, 0.15) is 12.1 Å². The third-order valence-corrected chi connectivity index (χ3v) is 3.82. The van der Waals surface area contributed by atoms with E-state index in [0.717, 1.165) is 43.7 Å². The molecule has 3 rings (SSSR count). The van der Waals surface area contributed by atoms with E-state index in [1.165, 1.54) is 0 Å². The number of piperidine rings is 1. The highest BCUT2D eigenvalue weighted by molar-refractivity contribution is 5.40. The van der Waals surface area contributed by atoms with Crippen LogP contribution in [0.2, 0.25) is 0 Å². The Labute approximate surface area is 107 Å². The molecule has 1 unspecified atom stereocenters. The number of anilines is 1. The molecular formula is C14H19N3O. The Balaban J connectivity index is 1.77. The summed E-state index contributed by atoms with van der Waals surface area (Å²) in [4.78, 5) is 10.9. The quantitative estimate of drug-likeness (QED) is 0.808. The van der Waals surface area contributed by atoms with Gasteiger partial charge < -0.3 is 10.0 Å². The Morgan fingerprint density at radius 2 is 2.06 bits per heavy atom. The first-order valence-electron chi connectivity index (χ1n) is 6.73. The minimum Gasteiger partial charge on any atom is -0.391 e. The van der Waals surface area contributed by atoms with E-state index >= 15 is 0 Å². The molecule has 1 atom stereocenters. The van der Waals surface area contributed by atoms with Gasteiger partial charge in [-0.25, -0.2) is 9.97 Å². The monoisotopic (exact) mass is 245 g/mol. The second-order valence-electron chi connectivity index (χ2n) is 5.18. The number of aliphatic hydroxyl groups excluding tert-OH is 1. The van der Waals surface area contributed by atoms with E-state index in [2.05, 4.69) is 33.1 Å². The molecule has 1 fully saturated rings. The molecule has 1 aromatic rings. The lowest BCUT2D eigenvalue weighted by Crippen LogP contribution is -2.38. The van der Waals surface area contributed by atoms with E-state index in [1.807, 2.05) is 0 Å². The Morgan fingerprint density at radius 3 is 2.83 bits per heavy atom. The van der Waals surface area contributed by atoms with Gasteiger partial charge in [0.05, 0.1) is 6.10 Å². The largest absolute Gasteiger partial charge is 0.391 e. The number of nitrogens with zero attached hydrogens (tertiary/aromatic N) is 3. The van der Waals surface area contributed by atoms with E-state index in [9.17, 15) is 5.11 Å². The number of hydrogen-bond acceptors (Lipinski definition) is 4. The zero-order valence-electron chi connectivity index (χ0n) is 10.5. The Kier molecular flexibility index (Phi) is 3.28. The van der Waals surface area contributed by atoms with Crippen molar-refractivity contribution in [3.05, 3.63) is 30.2 Å². The number of aliphatic hydroxyl groups is 1. The van der Waals surface area contributed by atoms with Crippen LogP contribution in [0.4, 0.5) is 5.82 Å². The van der Waals surface area contributed by atoms with Crippen LogP contribution in [0.25, 0.3) is 0 Å². The highest BCUT2D eigenvalue weighted by Crippen LogP contribution is 2.29. The first kappa shape index (κ1) is 11.7. The van der Waals surface area contributed by atoms with Crippen LogP contribution in [0, 0.1) is 0 Å². The highest BCUT2D eigenvalue weighted by atomic mass is 16.3. The van der Waals surface area contributed by atoms with Crippen LogP contribution < -0.4 is 4.90 Å². The number of rotatable bonds is 2. The van der Waals surface area contributed by atoms with E-state index in [-0.39, 0.29) is 6.10 Å². The van der Waals surface area contributed by atoms with Crippen molar-refractivity contribution in [2.24, 2.45) is 0 Å². The average Bonchev–Trinajstić information content (AvgIpc) is 2.93. The first-order chi connectivity index (χ1) is 8.83. The first-order valence-corrected chi connectivity index (χ1v) is 6.73. The van der Waals surface area contributed by atoms with Crippen LogP contribution in [-0.2, 0) is 0 Å². The number of hydrogen-bond donors (Lipinski definition) is 1. The standard InChI is InChI=1S/C14H19N3O/c18-12-6-3-7-17(9-12)14-8-13(15-10-16-14)11-4-1-2-5-11/h1-2,8,10-12,18H,3-7,9H2. The summed E-state index contributed by atoms with van der Waals surface area (Å²) in [5, 5.41) is 9.73. The minimum atomic E-state index is -0.217. The molecule has 0 radical (unpaired) electrons. The van der Waals surface area contributed by atoms with Gasteiger partial charge in [-0.15, -0.1) is 0 Å². The van der Waals surface area contributed by atoms with Gasteiger partial charge in [-0.2, -0.15) is 0 Å². The molecule has 96 valence electrons. The highest BCUT2D eigenvalue weighted by Gasteiger charge is 2.21. The molecule has 0 spiro atoms. The Bertz CT molecular complexity index is 438. The number of β-amino-alcohol motifs (C(OH)–C–C–N with tert-alkyl or cyclic N) is 1. The van der Waals surface area contributed by atoms with Gasteiger partial charge in [0.25, 0.3) is 0 Å².